The van der Waals surface area contributed by atoms with Crippen molar-refractivity contribution in [3.8, 4) is 169 Å². The smallest absolute Gasteiger partial charge is 0.418 e. The highest BCUT2D eigenvalue weighted by molar-refractivity contribution is 6.02. The second kappa shape index (κ2) is 36.2. The van der Waals surface area contributed by atoms with Crippen LogP contribution in [-0.4, -0.2) is 0 Å². The van der Waals surface area contributed by atoms with Gasteiger partial charge in [-0.05, 0) is 247 Å². The molecular weight excluding hydrogens is 1790 g/mol. The number of nitrogens with two attached hydrogens (primary N) is 6. The Morgan fingerprint density at radius 2 is 0.432 bits per heavy atom. The van der Waals surface area contributed by atoms with Gasteiger partial charge in [-0.3, -0.25) is 0 Å². The molecule has 18 aromatic carbocycles. The second-order valence-electron chi connectivity index (χ2n) is 33.4. The van der Waals surface area contributed by atoms with E-state index in [4.69, 9.17) is 62.8 Å². The van der Waals surface area contributed by atoms with Gasteiger partial charge in [0.15, 0.2) is 34.5 Å². The Bertz CT molecular complexity index is 7350. The maximum absolute atomic E-state index is 15.1. The zero-order valence-electron chi connectivity index (χ0n) is 73.7. The maximum atomic E-state index is 15.1. The third kappa shape index (κ3) is 17.4. The zero-order chi connectivity index (χ0) is 97.1. The molecule has 0 saturated heterocycles. The lowest BCUT2D eigenvalue weighted by molar-refractivity contribution is -0.137. The van der Waals surface area contributed by atoms with E-state index in [1.807, 2.05) is 123 Å². The Labute approximate surface area is 790 Å². The zero-order valence-corrected chi connectivity index (χ0v) is 73.7. The van der Waals surface area contributed by atoms with Gasteiger partial charge in [0.1, 0.15) is 34.5 Å². The number of ether oxygens (including phenoxy) is 6. The highest BCUT2D eigenvalue weighted by atomic mass is 19.4. The number of halogens is 12. The number of alkyl halides is 12. The molecule has 0 atom stereocenters. The topological polar surface area (TPSA) is 212 Å². The molecule has 18 aromatic rings. The number of benzene rings is 18. The summed E-state index contributed by atoms with van der Waals surface area (Å²) in [6.45, 7) is 3.72. The van der Waals surface area contributed by atoms with Crippen LogP contribution in [0.4, 0.5) is 86.8 Å². The predicted molar refractivity (Wildman–Crippen MR) is 522 cm³/mol. The Balaban J connectivity index is 1.01. The van der Waals surface area contributed by atoms with Gasteiger partial charge in [-0.15, -0.1) is 0 Å². The van der Waals surface area contributed by atoms with Crippen LogP contribution < -0.4 is 62.8 Å². The summed E-state index contributed by atoms with van der Waals surface area (Å²) in [7, 11) is 0. The SMILES string of the molecule is Cc1ccc(N)c(Oc2ccc(C3(c4ccc(Oc5cc(C)ccc5N)c(-c5ccc(Oc6cccc(C(F)(F)F)c6N)c(-c6ccccc6)c5)c4-c4ccc(Oc5cccc(C(F)(F)F)c5N)c(-c5ccccc5)c4)c4ccccc4-c4ccccc43)c(-c3ccc(Oc4cccc(C(F)(F)F)c4N)c(-c4ccccc4)c3)c2-c2ccc(Oc3cccc(C(F)(F)F)c3N)c(-c3ccccc3)c2)c1. The molecule has 0 heterocycles. The van der Waals surface area contributed by atoms with Crippen molar-refractivity contribution in [2.24, 2.45) is 0 Å². The fourth-order valence-corrected chi connectivity index (χ4v) is 18.3. The predicted octanol–water partition coefficient (Wildman–Crippen LogP) is 32.3. The Morgan fingerprint density at radius 1 is 0.187 bits per heavy atom. The summed E-state index contributed by atoms with van der Waals surface area (Å²) in [6, 6.07) is 104. The Hall–Kier alpha value is -17.3. The first-order chi connectivity index (χ1) is 66.8. The molecule has 0 aromatic heterocycles. The highest BCUT2D eigenvalue weighted by Gasteiger charge is 2.51. The quantitative estimate of drug-likeness (QED) is 0.0276. The van der Waals surface area contributed by atoms with Crippen LogP contribution in [0.25, 0.3) is 100 Å². The van der Waals surface area contributed by atoms with Gasteiger partial charge in [-0.1, -0.05) is 243 Å². The molecule has 0 radical (unpaired) electrons. The number of rotatable bonds is 22. The van der Waals surface area contributed by atoms with Crippen molar-refractivity contribution >= 4 is 34.1 Å². The second-order valence-corrected chi connectivity index (χ2v) is 33.4. The van der Waals surface area contributed by atoms with Crippen molar-refractivity contribution in [3.63, 3.8) is 0 Å². The van der Waals surface area contributed by atoms with E-state index in [9.17, 15) is 26.3 Å². The number of aryl methyl sites for hydroxylation is 2. The van der Waals surface area contributed by atoms with Crippen molar-refractivity contribution in [3.05, 3.63) is 432 Å². The largest absolute Gasteiger partial charge is 0.455 e. The molecule has 0 spiro atoms. The third-order valence-corrected chi connectivity index (χ3v) is 24.7. The van der Waals surface area contributed by atoms with Crippen molar-refractivity contribution in [2.75, 3.05) is 34.4 Å². The van der Waals surface area contributed by atoms with E-state index >= 15 is 26.3 Å². The van der Waals surface area contributed by atoms with Crippen LogP contribution in [0.1, 0.15) is 55.6 Å². The van der Waals surface area contributed by atoms with E-state index in [0.29, 0.717) is 122 Å². The van der Waals surface area contributed by atoms with Gasteiger partial charge in [0, 0.05) is 33.4 Å². The Kier molecular flexibility index (Phi) is 23.6. The minimum atomic E-state index is -4.92. The molecule has 12 nitrogen and oxygen atoms in total. The molecule has 0 aliphatic heterocycles. The van der Waals surface area contributed by atoms with E-state index in [1.165, 1.54) is 48.5 Å². The van der Waals surface area contributed by atoms with E-state index in [0.717, 1.165) is 35.4 Å². The number of nitrogen functional groups attached to an aromatic ring is 6. The van der Waals surface area contributed by atoms with Crippen LogP contribution >= 0.6 is 0 Å². The first-order valence-electron chi connectivity index (χ1n) is 43.7. The molecule has 690 valence electrons. The molecule has 0 amide bonds. The summed E-state index contributed by atoms with van der Waals surface area (Å²) >= 11 is 0. The summed E-state index contributed by atoms with van der Waals surface area (Å²) in [5.41, 5.74) is 42.5. The normalized spacial score (nSPS) is 12.3. The van der Waals surface area contributed by atoms with Gasteiger partial charge in [0.2, 0.25) is 0 Å². The molecule has 24 heteroatoms. The minimum absolute atomic E-state index is 0.0377. The van der Waals surface area contributed by atoms with E-state index in [-0.39, 0.29) is 80.4 Å². The molecule has 19 rings (SSSR count). The van der Waals surface area contributed by atoms with Gasteiger partial charge >= 0.3 is 24.7 Å². The van der Waals surface area contributed by atoms with E-state index < -0.39 is 75.1 Å². The van der Waals surface area contributed by atoms with Crippen LogP contribution in [0.5, 0.6) is 69.0 Å². The molecule has 0 bridgehead atoms. The van der Waals surface area contributed by atoms with Gasteiger partial charge in [0.05, 0.1) is 61.8 Å². The lowest BCUT2D eigenvalue weighted by atomic mass is 9.62. The average Bonchev–Trinajstić information content (AvgIpc) is 1.54. The minimum Gasteiger partial charge on any atom is -0.455 e. The van der Waals surface area contributed by atoms with Gasteiger partial charge in [0.25, 0.3) is 0 Å². The van der Waals surface area contributed by atoms with Crippen molar-refractivity contribution in [1.82, 2.24) is 0 Å². The summed E-state index contributed by atoms with van der Waals surface area (Å²) < 4.78 is 222. The fourth-order valence-electron chi connectivity index (χ4n) is 18.3. The highest BCUT2D eigenvalue weighted by Crippen LogP contribution is 2.65. The van der Waals surface area contributed by atoms with Crippen LogP contribution in [-0.2, 0) is 30.1 Å². The molecule has 139 heavy (non-hydrogen) atoms. The maximum Gasteiger partial charge on any atom is 0.418 e. The molecule has 1 aliphatic carbocycles. The number of fused-ring (bicyclic) bond motifs is 3. The van der Waals surface area contributed by atoms with Crippen LogP contribution in [0.2, 0.25) is 0 Å². The van der Waals surface area contributed by atoms with Crippen molar-refractivity contribution < 1.29 is 81.1 Å². The summed E-state index contributed by atoms with van der Waals surface area (Å²) in [5, 5.41) is 0. The van der Waals surface area contributed by atoms with Gasteiger partial charge in [-0.2, -0.15) is 52.7 Å². The number of para-hydroxylation sites is 4. The van der Waals surface area contributed by atoms with Crippen LogP contribution in [0.15, 0.2) is 376 Å². The van der Waals surface area contributed by atoms with Gasteiger partial charge in [-0.25, -0.2) is 0 Å². The molecular formula is C115H80F12N6O6. The lowest BCUT2D eigenvalue weighted by Crippen LogP contribution is -2.30. The van der Waals surface area contributed by atoms with Crippen molar-refractivity contribution in [2.45, 2.75) is 44.0 Å². The van der Waals surface area contributed by atoms with E-state index in [1.54, 1.807) is 194 Å². The summed E-state index contributed by atoms with van der Waals surface area (Å²) in [4.78, 5) is 0. The number of hydrogen-bond donors (Lipinski definition) is 6. The monoisotopic (exact) mass is 1870 g/mol. The summed E-state index contributed by atoms with van der Waals surface area (Å²) in [5.74, 6) is -0.454. The molecule has 1 aliphatic rings. The van der Waals surface area contributed by atoms with E-state index in [2.05, 4.69) is 0 Å². The van der Waals surface area contributed by atoms with Gasteiger partial charge < -0.3 is 62.8 Å². The standard InChI is InChI=1S/C115H80F12N6O6/c1-65-43-51-89(128)101(59-65)138-95-57-49-83(103(71-45-53-91(77(61-71)67-23-7-3-8-24-67)134-97-39-19-35-85(107(97)130)112(116,117)118)105(95)73-47-55-93(79(63-73)69-27-11-5-12-28-69)136-99-41-21-37-87(109(99)132)114(122,123)124)111(81-33-17-15-31-75(81)76-32-16-18-34-82(76)111)84-50-58-96(139-102-60-66(2)44-52-90(102)129)106(74-48-56-94(80(64-74)70-29-13-6-14-30-70)137-100-42-22-38-88(110(100)133)115(125,126)127)104(84)72-46-54-92(78(62-72)68-25-9-4-10-26-68)135-98-40-20-36-86(108(98)131)113(119,120)121/h3-64H,128-133H2,1-2H3. The van der Waals surface area contributed by atoms with Crippen LogP contribution in [0, 0.1) is 13.8 Å². The Morgan fingerprint density at radius 3 is 0.705 bits per heavy atom. The average molecular weight is 1870 g/mol. The molecule has 12 N–H and O–H groups in total. The van der Waals surface area contributed by atoms with Crippen molar-refractivity contribution in [1.29, 1.82) is 0 Å². The first kappa shape index (κ1) is 90.9. The first-order valence-corrected chi connectivity index (χ1v) is 43.7. The summed E-state index contributed by atoms with van der Waals surface area (Å²) in [6.07, 6.45) is -19.6. The fraction of sp³-hybridized carbons (Fsp3) is 0.0609. The number of anilines is 6. The van der Waals surface area contributed by atoms with Crippen LogP contribution in [0.3, 0.4) is 0 Å². The molecule has 0 fully saturated rings. The molecule has 0 saturated carbocycles. The molecule has 0 unspecified atom stereocenters. The lowest BCUT2D eigenvalue weighted by Gasteiger charge is -2.39. The third-order valence-electron chi connectivity index (χ3n) is 24.7. The number of hydrogen-bond acceptors (Lipinski definition) is 12.